The summed E-state index contributed by atoms with van der Waals surface area (Å²) < 4.78 is -0.0674. The van der Waals surface area contributed by atoms with E-state index in [0.29, 0.717) is 0 Å². The van der Waals surface area contributed by atoms with Gasteiger partial charge in [-0.15, -0.1) is 0 Å². The van der Waals surface area contributed by atoms with Gasteiger partial charge in [-0.1, -0.05) is 53.3 Å². The van der Waals surface area contributed by atoms with Crippen LogP contribution in [-0.2, 0) is 4.79 Å². The third-order valence-electron chi connectivity index (χ3n) is 1.97. The Hall–Kier alpha value is -0.0200. The first-order chi connectivity index (χ1) is 6.15. The van der Waals surface area contributed by atoms with Crippen molar-refractivity contribution in [1.29, 1.82) is 0 Å². The zero-order valence-corrected chi connectivity index (χ0v) is 10.8. The number of hydrogen-bond donors (Lipinski definition) is 1. The number of rotatable bonds is 3. The summed E-state index contributed by atoms with van der Waals surface area (Å²) in [6, 6.07) is 0. The van der Waals surface area contributed by atoms with Gasteiger partial charge in [-0.2, -0.15) is 0 Å². The van der Waals surface area contributed by atoms with Gasteiger partial charge in [-0.05, 0) is 5.92 Å². The van der Waals surface area contributed by atoms with Crippen molar-refractivity contribution in [3.8, 4) is 0 Å². The van der Waals surface area contributed by atoms with Crippen molar-refractivity contribution in [2.24, 2.45) is 11.8 Å². The summed E-state index contributed by atoms with van der Waals surface area (Å²) in [6.07, 6.45) is -0.530. The van der Waals surface area contributed by atoms with Crippen LogP contribution >= 0.6 is 11.8 Å². The highest BCUT2D eigenvalue weighted by molar-refractivity contribution is 8.14. The van der Waals surface area contributed by atoms with E-state index in [0.717, 1.165) is 0 Å². The van der Waals surface area contributed by atoms with Crippen LogP contribution in [0.5, 0.6) is 0 Å². The fourth-order valence-corrected chi connectivity index (χ4v) is 2.04. The lowest BCUT2D eigenvalue weighted by molar-refractivity contribution is -0.117. The number of thioether (sulfide) groups is 1. The molecule has 0 radical (unpaired) electrons. The highest BCUT2D eigenvalue weighted by Crippen LogP contribution is 2.29. The quantitative estimate of drug-likeness (QED) is 0.791. The van der Waals surface area contributed by atoms with E-state index in [1.807, 2.05) is 34.6 Å². The number of hydrogen-bond acceptors (Lipinski definition) is 3. The minimum absolute atomic E-state index is 0.0674. The highest BCUT2D eigenvalue weighted by Gasteiger charge is 2.28. The summed E-state index contributed by atoms with van der Waals surface area (Å²) in [6.45, 7) is 11.7. The molecule has 0 aliphatic carbocycles. The van der Waals surface area contributed by atoms with Crippen molar-refractivity contribution in [1.82, 2.24) is 0 Å². The van der Waals surface area contributed by atoms with Crippen molar-refractivity contribution < 1.29 is 9.90 Å². The Morgan fingerprint density at radius 3 is 1.93 bits per heavy atom. The second-order valence-electron chi connectivity index (χ2n) is 5.06. The molecule has 84 valence electrons. The van der Waals surface area contributed by atoms with Gasteiger partial charge in [0.1, 0.15) is 0 Å². The topological polar surface area (TPSA) is 37.3 Å². The number of carbonyl (C=O) groups is 1. The van der Waals surface area contributed by atoms with Gasteiger partial charge >= 0.3 is 0 Å². The lowest BCUT2D eigenvalue weighted by Gasteiger charge is -2.24. The Morgan fingerprint density at radius 2 is 1.64 bits per heavy atom. The van der Waals surface area contributed by atoms with Crippen LogP contribution in [0.4, 0.5) is 0 Å². The van der Waals surface area contributed by atoms with Crippen molar-refractivity contribution in [2.75, 3.05) is 0 Å². The first-order valence-electron chi connectivity index (χ1n) is 5.06. The molecule has 0 amide bonds. The molecule has 3 heteroatoms. The van der Waals surface area contributed by atoms with E-state index in [1.54, 1.807) is 6.92 Å². The zero-order valence-electron chi connectivity index (χ0n) is 10.00. The molecule has 1 N–H and O–H groups in total. The molecule has 0 unspecified atom stereocenters. The normalized spacial score (nSPS) is 16.9. The summed E-state index contributed by atoms with van der Waals surface area (Å²) >= 11 is 1.31. The molecular formula is C11H22O2S. The average Bonchev–Trinajstić information content (AvgIpc) is 1.98. The van der Waals surface area contributed by atoms with Crippen molar-refractivity contribution in [3.05, 3.63) is 0 Å². The molecule has 0 aromatic carbocycles. The first kappa shape index (κ1) is 14.0. The standard InChI is InChI=1S/C11H22O2S/c1-7(2)9(12)8(3)10(13)14-11(4,5)6/h7-9,12H,1-6H3/t8-,9-/m1/s1. The largest absolute Gasteiger partial charge is 0.392 e. The van der Waals surface area contributed by atoms with E-state index in [4.69, 9.17) is 0 Å². The van der Waals surface area contributed by atoms with E-state index in [-0.39, 0.29) is 21.7 Å². The van der Waals surface area contributed by atoms with Gasteiger partial charge in [0.25, 0.3) is 0 Å². The molecule has 0 spiro atoms. The number of aliphatic hydroxyl groups excluding tert-OH is 1. The van der Waals surface area contributed by atoms with Crippen LogP contribution in [0.25, 0.3) is 0 Å². The molecule has 2 atom stereocenters. The summed E-state index contributed by atoms with van der Waals surface area (Å²) in [5.41, 5.74) is 0. The zero-order chi connectivity index (χ0) is 11.5. The van der Waals surface area contributed by atoms with Gasteiger partial charge in [0, 0.05) is 4.75 Å². The van der Waals surface area contributed by atoms with Gasteiger partial charge in [-0.25, -0.2) is 0 Å². The molecule has 0 saturated heterocycles. The molecule has 0 rings (SSSR count). The lowest BCUT2D eigenvalue weighted by Crippen LogP contribution is -2.30. The van der Waals surface area contributed by atoms with Crippen LogP contribution in [0.3, 0.4) is 0 Å². The van der Waals surface area contributed by atoms with Gasteiger partial charge in [-0.3, -0.25) is 4.79 Å². The summed E-state index contributed by atoms with van der Waals surface area (Å²) in [7, 11) is 0. The molecule has 14 heavy (non-hydrogen) atoms. The fraction of sp³-hybridized carbons (Fsp3) is 0.909. The van der Waals surface area contributed by atoms with E-state index < -0.39 is 6.10 Å². The second-order valence-corrected chi connectivity index (χ2v) is 6.89. The van der Waals surface area contributed by atoms with Gasteiger partial charge in [0.05, 0.1) is 12.0 Å². The molecule has 0 fully saturated rings. The van der Waals surface area contributed by atoms with Crippen molar-refractivity contribution in [3.63, 3.8) is 0 Å². The molecule has 0 aromatic rings. The summed E-state index contributed by atoms with van der Waals surface area (Å²) in [5, 5.41) is 9.81. The van der Waals surface area contributed by atoms with Crippen LogP contribution in [0.1, 0.15) is 41.5 Å². The Kier molecular flexibility index (Phi) is 5.16. The predicted molar refractivity (Wildman–Crippen MR) is 62.4 cm³/mol. The smallest absolute Gasteiger partial charge is 0.194 e. The summed E-state index contributed by atoms with van der Waals surface area (Å²) in [4.78, 5) is 11.7. The third-order valence-corrected chi connectivity index (χ3v) is 3.16. The third kappa shape index (κ3) is 5.01. The van der Waals surface area contributed by atoms with Crippen LogP contribution < -0.4 is 0 Å². The van der Waals surface area contributed by atoms with Crippen LogP contribution in [-0.4, -0.2) is 21.1 Å². The average molecular weight is 218 g/mol. The van der Waals surface area contributed by atoms with Crippen molar-refractivity contribution in [2.45, 2.75) is 52.4 Å². The molecule has 0 heterocycles. The molecular weight excluding hydrogens is 196 g/mol. The second kappa shape index (κ2) is 5.17. The Balaban J connectivity index is 4.26. The summed E-state index contributed by atoms with van der Waals surface area (Å²) in [5.74, 6) is -0.145. The molecule has 0 aliphatic rings. The molecule has 2 nitrogen and oxygen atoms in total. The predicted octanol–water partition coefficient (Wildman–Crippen LogP) is 2.70. The Bertz CT molecular complexity index is 194. The van der Waals surface area contributed by atoms with E-state index in [2.05, 4.69) is 0 Å². The minimum atomic E-state index is -0.530. The first-order valence-corrected chi connectivity index (χ1v) is 5.87. The van der Waals surface area contributed by atoms with Gasteiger partial charge < -0.3 is 5.11 Å². The monoisotopic (exact) mass is 218 g/mol. The van der Waals surface area contributed by atoms with Crippen LogP contribution in [0.15, 0.2) is 0 Å². The van der Waals surface area contributed by atoms with Gasteiger partial charge in [0.2, 0.25) is 0 Å². The maximum absolute atomic E-state index is 11.7. The molecule has 0 aliphatic heterocycles. The van der Waals surface area contributed by atoms with E-state index in [1.165, 1.54) is 11.8 Å². The number of carbonyl (C=O) groups excluding carboxylic acids is 1. The lowest BCUT2D eigenvalue weighted by atomic mass is 9.96. The van der Waals surface area contributed by atoms with E-state index in [9.17, 15) is 9.90 Å². The van der Waals surface area contributed by atoms with Gasteiger partial charge in [0.15, 0.2) is 5.12 Å². The minimum Gasteiger partial charge on any atom is -0.392 e. The molecule has 0 saturated carbocycles. The molecule has 0 aromatic heterocycles. The number of aliphatic hydroxyl groups is 1. The highest BCUT2D eigenvalue weighted by atomic mass is 32.2. The SMILES string of the molecule is CC(C)[C@@H](O)[C@@H](C)C(=O)SC(C)(C)C. The van der Waals surface area contributed by atoms with E-state index >= 15 is 0 Å². The fourth-order valence-electron chi connectivity index (χ4n) is 1.11. The Morgan fingerprint density at radius 1 is 1.21 bits per heavy atom. The Labute approximate surface area is 91.5 Å². The maximum Gasteiger partial charge on any atom is 0.194 e. The van der Waals surface area contributed by atoms with Crippen molar-refractivity contribution >= 4 is 16.9 Å². The maximum atomic E-state index is 11.7. The van der Waals surface area contributed by atoms with Crippen LogP contribution in [0.2, 0.25) is 0 Å². The molecule has 0 bridgehead atoms. The van der Waals surface area contributed by atoms with Crippen LogP contribution in [0, 0.1) is 11.8 Å².